The molecule has 0 saturated carbocycles. The van der Waals surface area contributed by atoms with Crippen molar-refractivity contribution in [2.24, 2.45) is 0 Å². The maximum Gasteiger partial charge on any atom is 0.255 e. The Labute approximate surface area is 158 Å². The molecule has 0 atom stereocenters. The van der Waals surface area contributed by atoms with Crippen LogP contribution in [0.15, 0.2) is 85.1 Å². The van der Waals surface area contributed by atoms with Gasteiger partial charge in [0.05, 0.1) is 5.52 Å². The number of para-hydroxylation sites is 2. The van der Waals surface area contributed by atoms with Gasteiger partial charge < -0.3 is 5.32 Å². The van der Waals surface area contributed by atoms with E-state index >= 15 is 0 Å². The molecule has 0 unspecified atom stereocenters. The van der Waals surface area contributed by atoms with Gasteiger partial charge in [-0.05, 0) is 42.3 Å². The number of nitrogens with one attached hydrogen (secondary N) is 1. The molecule has 3 aromatic carbocycles. The number of aryl methyl sites for hydroxylation is 1. The van der Waals surface area contributed by atoms with Crippen LogP contribution in [0.1, 0.15) is 22.8 Å². The predicted octanol–water partition coefficient (Wildman–Crippen LogP) is 5.72. The molecule has 3 heteroatoms. The van der Waals surface area contributed by atoms with Gasteiger partial charge in [-0.3, -0.25) is 9.78 Å². The smallest absolute Gasteiger partial charge is 0.255 e. The zero-order valence-electron chi connectivity index (χ0n) is 15.1. The standard InChI is InChI=1S/C24H20N2O/c1-2-17-8-7-10-19(14-17)24(27)26-23-13-6-4-11-21(23)20-15-18-9-3-5-12-22(18)25-16-20/h3-16H,2H2,1H3,(H,26,27). The van der Waals surface area contributed by atoms with Crippen molar-refractivity contribution in [3.63, 3.8) is 0 Å². The Kier molecular flexibility index (Phi) is 4.67. The lowest BCUT2D eigenvalue weighted by Gasteiger charge is -2.12. The molecule has 4 rings (SSSR count). The minimum absolute atomic E-state index is 0.105. The summed E-state index contributed by atoms with van der Waals surface area (Å²) in [6.07, 6.45) is 2.76. The summed E-state index contributed by atoms with van der Waals surface area (Å²) >= 11 is 0. The van der Waals surface area contributed by atoms with Gasteiger partial charge in [-0.2, -0.15) is 0 Å². The first-order valence-electron chi connectivity index (χ1n) is 9.09. The molecule has 0 aliphatic carbocycles. The maximum atomic E-state index is 12.8. The molecule has 1 amide bonds. The number of hydrogen-bond acceptors (Lipinski definition) is 2. The number of rotatable bonds is 4. The van der Waals surface area contributed by atoms with Gasteiger partial charge in [0.1, 0.15) is 0 Å². The molecule has 0 bridgehead atoms. The Morgan fingerprint density at radius 2 is 1.74 bits per heavy atom. The summed E-state index contributed by atoms with van der Waals surface area (Å²) in [4.78, 5) is 17.3. The average molecular weight is 352 g/mol. The van der Waals surface area contributed by atoms with Gasteiger partial charge in [0.2, 0.25) is 0 Å². The van der Waals surface area contributed by atoms with Gasteiger partial charge in [0.25, 0.3) is 5.91 Å². The molecule has 132 valence electrons. The van der Waals surface area contributed by atoms with E-state index in [1.54, 1.807) is 0 Å². The van der Waals surface area contributed by atoms with Crippen molar-refractivity contribution in [3.05, 3.63) is 96.2 Å². The number of amides is 1. The van der Waals surface area contributed by atoms with E-state index in [2.05, 4.69) is 23.3 Å². The summed E-state index contributed by atoms with van der Waals surface area (Å²) in [7, 11) is 0. The Hall–Kier alpha value is -3.46. The lowest BCUT2D eigenvalue weighted by molar-refractivity contribution is 0.102. The molecule has 4 aromatic rings. The average Bonchev–Trinajstić information content (AvgIpc) is 2.74. The van der Waals surface area contributed by atoms with Crippen LogP contribution in [0.3, 0.4) is 0 Å². The summed E-state index contributed by atoms with van der Waals surface area (Å²) in [6.45, 7) is 2.08. The first-order chi connectivity index (χ1) is 13.2. The van der Waals surface area contributed by atoms with Crippen LogP contribution < -0.4 is 5.32 Å². The fraction of sp³-hybridized carbons (Fsp3) is 0.0833. The summed E-state index contributed by atoms with van der Waals surface area (Å²) in [5, 5.41) is 4.13. The number of carbonyl (C=O) groups excluding carboxylic acids is 1. The molecule has 0 aliphatic heterocycles. The maximum absolute atomic E-state index is 12.8. The first-order valence-corrected chi connectivity index (χ1v) is 9.09. The lowest BCUT2D eigenvalue weighted by atomic mass is 10.0. The molecule has 1 aromatic heterocycles. The molecule has 0 saturated heterocycles. The third-order valence-corrected chi connectivity index (χ3v) is 4.67. The molecule has 0 radical (unpaired) electrons. The first kappa shape index (κ1) is 17.0. The zero-order valence-corrected chi connectivity index (χ0v) is 15.1. The van der Waals surface area contributed by atoms with Crippen LogP contribution in [-0.2, 0) is 6.42 Å². The largest absolute Gasteiger partial charge is 0.321 e. The number of hydrogen-bond donors (Lipinski definition) is 1. The van der Waals surface area contributed by atoms with Crippen molar-refractivity contribution in [1.29, 1.82) is 0 Å². The molecule has 0 aliphatic rings. The number of pyridine rings is 1. The molecular formula is C24H20N2O. The predicted molar refractivity (Wildman–Crippen MR) is 111 cm³/mol. The van der Waals surface area contributed by atoms with E-state index in [9.17, 15) is 4.79 Å². The fourth-order valence-corrected chi connectivity index (χ4v) is 3.19. The second kappa shape index (κ2) is 7.42. The highest BCUT2D eigenvalue weighted by atomic mass is 16.1. The monoisotopic (exact) mass is 352 g/mol. The Balaban J connectivity index is 1.69. The minimum atomic E-state index is -0.105. The Bertz CT molecular complexity index is 1120. The van der Waals surface area contributed by atoms with Crippen LogP contribution in [-0.4, -0.2) is 10.9 Å². The lowest BCUT2D eigenvalue weighted by Crippen LogP contribution is -2.12. The normalized spacial score (nSPS) is 10.7. The molecule has 0 spiro atoms. The number of carbonyl (C=O) groups is 1. The quantitative estimate of drug-likeness (QED) is 0.510. The Morgan fingerprint density at radius 3 is 2.63 bits per heavy atom. The van der Waals surface area contributed by atoms with Gasteiger partial charge in [-0.25, -0.2) is 0 Å². The topological polar surface area (TPSA) is 42.0 Å². The third kappa shape index (κ3) is 3.58. The molecule has 27 heavy (non-hydrogen) atoms. The van der Waals surface area contributed by atoms with Crippen LogP contribution >= 0.6 is 0 Å². The number of benzene rings is 3. The van der Waals surface area contributed by atoms with Crippen LogP contribution in [0.4, 0.5) is 5.69 Å². The van der Waals surface area contributed by atoms with E-state index in [1.165, 1.54) is 0 Å². The van der Waals surface area contributed by atoms with Crippen molar-refractivity contribution in [1.82, 2.24) is 4.98 Å². The van der Waals surface area contributed by atoms with E-state index in [0.717, 1.165) is 39.7 Å². The number of anilines is 1. The van der Waals surface area contributed by atoms with E-state index in [0.29, 0.717) is 5.56 Å². The van der Waals surface area contributed by atoms with Crippen LogP contribution in [0.2, 0.25) is 0 Å². The molecule has 3 nitrogen and oxygen atoms in total. The number of aromatic nitrogens is 1. The summed E-state index contributed by atoms with van der Waals surface area (Å²) in [5.74, 6) is -0.105. The SMILES string of the molecule is CCc1cccc(C(=O)Nc2ccccc2-c2cnc3ccccc3c2)c1. The van der Waals surface area contributed by atoms with E-state index in [-0.39, 0.29) is 5.91 Å². The van der Waals surface area contributed by atoms with Crippen LogP contribution in [0, 0.1) is 0 Å². The second-order valence-corrected chi connectivity index (χ2v) is 6.47. The van der Waals surface area contributed by atoms with Gasteiger partial charge in [-0.1, -0.05) is 55.5 Å². The molecule has 1 heterocycles. The minimum Gasteiger partial charge on any atom is -0.321 e. The van der Waals surface area contributed by atoms with Crippen molar-refractivity contribution in [3.8, 4) is 11.1 Å². The molecular weight excluding hydrogens is 332 g/mol. The van der Waals surface area contributed by atoms with Gasteiger partial charge >= 0.3 is 0 Å². The number of nitrogens with zero attached hydrogens (tertiary/aromatic N) is 1. The highest BCUT2D eigenvalue weighted by Gasteiger charge is 2.11. The highest BCUT2D eigenvalue weighted by molar-refractivity contribution is 6.06. The third-order valence-electron chi connectivity index (χ3n) is 4.67. The zero-order chi connectivity index (χ0) is 18.6. The van der Waals surface area contributed by atoms with Crippen molar-refractivity contribution in [2.75, 3.05) is 5.32 Å². The van der Waals surface area contributed by atoms with E-state index < -0.39 is 0 Å². The molecule has 0 fully saturated rings. The number of fused-ring (bicyclic) bond motifs is 1. The summed E-state index contributed by atoms with van der Waals surface area (Å²) in [5.41, 5.74) is 5.48. The molecule has 1 N–H and O–H groups in total. The van der Waals surface area contributed by atoms with Gasteiger partial charge in [-0.15, -0.1) is 0 Å². The Morgan fingerprint density at radius 1 is 0.926 bits per heavy atom. The summed E-state index contributed by atoms with van der Waals surface area (Å²) in [6, 6.07) is 25.7. The van der Waals surface area contributed by atoms with Crippen LogP contribution in [0.25, 0.3) is 22.0 Å². The van der Waals surface area contributed by atoms with Crippen molar-refractivity contribution < 1.29 is 4.79 Å². The van der Waals surface area contributed by atoms with Gasteiger partial charge in [0, 0.05) is 34.0 Å². The van der Waals surface area contributed by atoms with Crippen molar-refractivity contribution >= 4 is 22.5 Å². The second-order valence-electron chi connectivity index (χ2n) is 6.47. The fourth-order valence-electron chi connectivity index (χ4n) is 3.19. The summed E-state index contributed by atoms with van der Waals surface area (Å²) < 4.78 is 0. The highest BCUT2D eigenvalue weighted by Crippen LogP contribution is 2.29. The van der Waals surface area contributed by atoms with Crippen LogP contribution in [0.5, 0.6) is 0 Å². The van der Waals surface area contributed by atoms with E-state index in [1.807, 2.05) is 79.0 Å². The van der Waals surface area contributed by atoms with E-state index in [4.69, 9.17) is 0 Å². The van der Waals surface area contributed by atoms with Gasteiger partial charge in [0.15, 0.2) is 0 Å². The van der Waals surface area contributed by atoms with Crippen molar-refractivity contribution in [2.45, 2.75) is 13.3 Å².